The van der Waals surface area contributed by atoms with E-state index >= 15 is 0 Å². The topological polar surface area (TPSA) is 9.23 Å². The van der Waals surface area contributed by atoms with Crippen molar-refractivity contribution < 1.29 is 4.74 Å². The van der Waals surface area contributed by atoms with Crippen LogP contribution >= 0.6 is 62.1 Å². The monoisotopic (exact) mass is 412 g/mol. The van der Waals surface area contributed by atoms with E-state index in [0.717, 1.165) is 32.5 Å². The van der Waals surface area contributed by atoms with Crippen LogP contribution in [0.15, 0.2) is 16.6 Å². The minimum Gasteiger partial charge on any atom is -0.496 e. The molecule has 20 heavy (non-hydrogen) atoms. The number of halogens is 4. The second kappa shape index (κ2) is 6.45. The van der Waals surface area contributed by atoms with Crippen molar-refractivity contribution in [3.05, 3.63) is 47.5 Å². The zero-order valence-corrected chi connectivity index (χ0v) is 15.7. The molecule has 0 N–H and O–H groups in total. The Kier molecular flexibility index (Phi) is 5.30. The molecule has 0 spiro atoms. The van der Waals surface area contributed by atoms with Crippen LogP contribution in [0.4, 0.5) is 0 Å². The SMILES string of the molecule is COc1c(C)cc(Br)c(C)c1C(Cl)c1cc(Cl)sc1Cl. The first-order valence-electron chi connectivity index (χ1n) is 5.79. The number of hydrogen-bond donors (Lipinski definition) is 0. The van der Waals surface area contributed by atoms with E-state index in [1.807, 2.05) is 19.9 Å². The Hall–Kier alpha value is 0.0700. The van der Waals surface area contributed by atoms with Crippen molar-refractivity contribution in [2.75, 3.05) is 7.11 Å². The van der Waals surface area contributed by atoms with Gasteiger partial charge in [-0.1, -0.05) is 39.1 Å². The molecule has 1 atom stereocenters. The molecular formula is C14H12BrCl3OS. The molecule has 0 fully saturated rings. The van der Waals surface area contributed by atoms with Crippen molar-refractivity contribution in [2.24, 2.45) is 0 Å². The van der Waals surface area contributed by atoms with Gasteiger partial charge in [0.1, 0.15) is 5.75 Å². The number of rotatable bonds is 3. The predicted molar refractivity (Wildman–Crippen MR) is 92.2 cm³/mol. The molecule has 2 rings (SSSR count). The zero-order valence-electron chi connectivity index (χ0n) is 11.1. The fourth-order valence-electron chi connectivity index (χ4n) is 2.13. The average Bonchev–Trinajstić information content (AvgIpc) is 2.71. The molecule has 0 aliphatic carbocycles. The summed E-state index contributed by atoms with van der Waals surface area (Å²) in [5.74, 6) is 0.782. The lowest BCUT2D eigenvalue weighted by Gasteiger charge is -2.19. The molecule has 1 nitrogen and oxygen atoms in total. The molecule has 1 aromatic heterocycles. The molecule has 1 aromatic carbocycles. The molecule has 0 saturated heterocycles. The first-order chi connectivity index (χ1) is 9.36. The lowest BCUT2D eigenvalue weighted by molar-refractivity contribution is 0.406. The summed E-state index contributed by atoms with van der Waals surface area (Å²) in [6.07, 6.45) is 0. The van der Waals surface area contributed by atoms with Crippen molar-refractivity contribution in [1.29, 1.82) is 0 Å². The second-order valence-electron chi connectivity index (χ2n) is 4.39. The van der Waals surface area contributed by atoms with Gasteiger partial charge in [-0.15, -0.1) is 22.9 Å². The summed E-state index contributed by atoms with van der Waals surface area (Å²) in [4.78, 5) is 0. The van der Waals surface area contributed by atoms with Gasteiger partial charge in [0.2, 0.25) is 0 Å². The van der Waals surface area contributed by atoms with Gasteiger partial charge in [-0.05, 0) is 37.1 Å². The first kappa shape index (κ1) is 16.4. The van der Waals surface area contributed by atoms with E-state index < -0.39 is 5.38 Å². The normalized spacial score (nSPS) is 12.6. The Labute approximate surface area is 145 Å². The maximum absolute atomic E-state index is 6.65. The van der Waals surface area contributed by atoms with Crippen molar-refractivity contribution in [1.82, 2.24) is 0 Å². The fraction of sp³-hybridized carbons (Fsp3) is 0.286. The minimum atomic E-state index is -0.405. The number of thiophene rings is 1. The third-order valence-corrected chi connectivity index (χ3v) is 5.92. The van der Waals surface area contributed by atoms with Gasteiger partial charge >= 0.3 is 0 Å². The molecule has 0 amide bonds. The Balaban J connectivity index is 2.65. The molecule has 0 saturated carbocycles. The van der Waals surface area contributed by atoms with E-state index in [1.165, 1.54) is 11.3 Å². The summed E-state index contributed by atoms with van der Waals surface area (Å²) in [6.45, 7) is 3.98. The Bertz CT molecular complexity index is 654. The quantitative estimate of drug-likeness (QED) is 0.504. The molecule has 1 heterocycles. The average molecular weight is 415 g/mol. The van der Waals surface area contributed by atoms with E-state index in [0.29, 0.717) is 8.67 Å². The van der Waals surface area contributed by atoms with Crippen molar-refractivity contribution >= 4 is 62.1 Å². The summed E-state index contributed by atoms with van der Waals surface area (Å²) >= 11 is 23.7. The van der Waals surface area contributed by atoms with Crippen molar-refractivity contribution in [3.8, 4) is 5.75 Å². The van der Waals surface area contributed by atoms with Gasteiger partial charge in [0, 0.05) is 15.6 Å². The number of methoxy groups -OCH3 is 1. The van der Waals surface area contributed by atoms with E-state index in [9.17, 15) is 0 Å². The molecule has 6 heteroatoms. The summed E-state index contributed by atoms with van der Waals surface area (Å²) in [5, 5.41) is -0.405. The number of alkyl halides is 1. The van der Waals surface area contributed by atoms with Gasteiger partial charge < -0.3 is 4.74 Å². The van der Waals surface area contributed by atoms with Crippen LogP contribution in [0.2, 0.25) is 8.67 Å². The van der Waals surface area contributed by atoms with Crippen LogP contribution in [0, 0.1) is 13.8 Å². The van der Waals surface area contributed by atoms with Crippen LogP contribution in [-0.4, -0.2) is 7.11 Å². The van der Waals surface area contributed by atoms with Crippen LogP contribution in [0.3, 0.4) is 0 Å². The number of benzene rings is 1. The van der Waals surface area contributed by atoms with E-state index in [1.54, 1.807) is 13.2 Å². The molecule has 0 aliphatic heterocycles. The maximum Gasteiger partial charge on any atom is 0.127 e. The van der Waals surface area contributed by atoms with Gasteiger partial charge in [0.05, 0.1) is 21.2 Å². The summed E-state index contributed by atoms with van der Waals surface area (Å²) in [5.41, 5.74) is 3.77. The molecule has 108 valence electrons. The lowest BCUT2D eigenvalue weighted by Crippen LogP contribution is -2.02. The van der Waals surface area contributed by atoms with E-state index in [2.05, 4.69) is 15.9 Å². The standard InChI is InChI=1S/C14H12BrCl3OS/c1-6-4-9(15)7(2)11(13(6)19-3)12(17)8-5-10(16)20-14(8)18/h4-5,12H,1-3H3. The zero-order chi connectivity index (χ0) is 15.0. The number of aryl methyl sites for hydroxylation is 1. The van der Waals surface area contributed by atoms with Crippen LogP contribution in [0.5, 0.6) is 5.75 Å². The number of hydrogen-bond acceptors (Lipinski definition) is 2. The molecule has 0 aliphatic rings. The third-order valence-electron chi connectivity index (χ3n) is 3.12. The Morgan fingerprint density at radius 1 is 1.25 bits per heavy atom. The van der Waals surface area contributed by atoms with E-state index in [4.69, 9.17) is 39.5 Å². The van der Waals surface area contributed by atoms with Crippen molar-refractivity contribution in [3.63, 3.8) is 0 Å². The van der Waals surface area contributed by atoms with Gasteiger partial charge in [-0.25, -0.2) is 0 Å². The lowest BCUT2D eigenvalue weighted by atomic mass is 9.98. The van der Waals surface area contributed by atoms with Crippen molar-refractivity contribution in [2.45, 2.75) is 19.2 Å². The number of ether oxygens (including phenoxy) is 1. The predicted octanol–water partition coefficient (Wildman–Crippen LogP) is 6.77. The Morgan fingerprint density at radius 2 is 1.90 bits per heavy atom. The largest absolute Gasteiger partial charge is 0.496 e. The summed E-state index contributed by atoms with van der Waals surface area (Å²) in [7, 11) is 1.64. The molecular weight excluding hydrogens is 402 g/mol. The third kappa shape index (κ3) is 2.97. The second-order valence-corrected chi connectivity index (χ2v) is 7.97. The first-order valence-corrected chi connectivity index (χ1v) is 8.59. The molecule has 2 aromatic rings. The smallest absolute Gasteiger partial charge is 0.127 e. The van der Waals surface area contributed by atoms with Crippen LogP contribution in [-0.2, 0) is 0 Å². The van der Waals surface area contributed by atoms with Gasteiger partial charge in [-0.3, -0.25) is 0 Å². The molecule has 1 unspecified atom stereocenters. The van der Waals surface area contributed by atoms with Crippen LogP contribution < -0.4 is 4.74 Å². The highest BCUT2D eigenvalue weighted by Crippen LogP contribution is 2.46. The van der Waals surface area contributed by atoms with Gasteiger partial charge in [-0.2, -0.15) is 0 Å². The fourth-order valence-corrected chi connectivity index (χ4v) is 4.78. The van der Waals surface area contributed by atoms with Crippen LogP contribution in [0.25, 0.3) is 0 Å². The molecule has 0 bridgehead atoms. The molecule has 0 radical (unpaired) electrons. The van der Waals surface area contributed by atoms with Gasteiger partial charge in [0.25, 0.3) is 0 Å². The summed E-state index contributed by atoms with van der Waals surface area (Å²) in [6, 6.07) is 3.82. The maximum atomic E-state index is 6.65. The highest BCUT2D eigenvalue weighted by Gasteiger charge is 2.24. The van der Waals surface area contributed by atoms with E-state index in [-0.39, 0.29) is 0 Å². The van der Waals surface area contributed by atoms with Gasteiger partial charge in [0.15, 0.2) is 0 Å². The Morgan fingerprint density at radius 3 is 2.40 bits per heavy atom. The summed E-state index contributed by atoms with van der Waals surface area (Å²) < 4.78 is 7.75. The highest BCUT2D eigenvalue weighted by molar-refractivity contribution is 9.10. The highest BCUT2D eigenvalue weighted by atomic mass is 79.9. The minimum absolute atomic E-state index is 0.405. The van der Waals surface area contributed by atoms with Crippen LogP contribution in [0.1, 0.15) is 27.6 Å².